The summed E-state index contributed by atoms with van der Waals surface area (Å²) in [6, 6.07) is 14.4. The van der Waals surface area contributed by atoms with Crippen LogP contribution in [0.1, 0.15) is 34.9 Å². The second-order valence-corrected chi connectivity index (χ2v) is 7.13. The lowest BCUT2D eigenvalue weighted by Crippen LogP contribution is -2.66. The number of carbonyl (C=O) groups is 1. The molecule has 2 atom stereocenters. The molecule has 0 unspecified atom stereocenters. The summed E-state index contributed by atoms with van der Waals surface area (Å²) in [5, 5.41) is 11.9. The van der Waals surface area contributed by atoms with Gasteiger partial charge in [-0.15, -0.1) is 11.3 Å². The van der Waals surface area contributed by atoms with Gasteiger partial charge in [0.25, 0.3) is 5.91 Å². The van der Waals surface area contributed by atoms with E-state index in [1.54, 1.807) is 11.3 Å². The van der Waals surface area contributed by atoms with Crippen LogP contribution >= 0.6 is 11.3 Å². The van der Waals surface area contributed by atoms with Gasteiger partial charge in [0.05, 0.1) is 12.1 Å². The van der Waals surface area contributed by atoms with Crippen molar-refractivity contribution in [3.05, 3.63) is 57.8 Å². The van der Waals surface area contributed by atoms with Gasteiger partial charge in [0.2, 0.25) is 0 Å². The highest BCUT2D eigenvalue weighted by Crippen LogP contribution is 2.56. The molecule has 4 rings (SSSR count). The van der Waals surface area contributed by atoms with Gasteiger partial charge in [-0.2, -0.15) is 5.26 Å². The molecule has 0 bridgehead atoms. The van der Waals surface area contributed by atoms with E-state index in [2.05, 4.69) is 6.07 Å². The molecule has 1 amide bonds. The number of carbonyl (C=O) groups excluding carboxylic acids is 1. The van der Waals surface area contributed by atoms with Crippen molar-refractivity contribution >= 4 is 17.2 Å². The SMILES string of the molecule is Cc1ccc([C@@]2(C#N)C(=O)N(C3CC3)[C@@H]2c2cccs2)cc1. The number of amides is 1. The minimum absolute atomic E-state index is 0.0280. The van der Waals surface area contributed by atoms with Crippen LogP contribution in [0.3, 0.4) is 0 Å². The molecule has 1 saturated carbocycles. The van der Waals surface area contributed by atoms with Gasteiger partial charge in [0, 0.05) is 10.9 Å². The Labute approximate surface area is 133 Å². The number of nitriles is 1. The third kappa shape index (κ3) is 1.69. The minimum atomic E-state index is -1.05. The largest absolute Gasteiger partial charge is 0.328 e. The summed E-state index contributed by atoms with van der Waals surface area (Å²) in [6.45, 7) is 2.01. The molecule has 110 valence electrons. The first kappa shape index (κ1) is 13.5. The first-order chi connectivity index (χ1) is 10.7. The Hall–Kier alpha value is -2.12. The minimum Gasteiger partial charge on any atom is -0.328 e. The molecule has 2 heterocycles. The summed E-state index contributed by atoms with van der Waals surface area (Å²) in [5.41, 5.74) is 0.900. The quantitative estimate of drug-likeness (QED) is 0.814. The van der Waals surface area contributed by atoms with E-state index in [4.69, 9.17) is 0 Å². The van der Waals surface area contributed by atoms with Crippen LogP contribution in [0.15, 0.2) is 41.8 Å². The van der Waals surface area contributed by atoms with Crippen LogP contribution in [-0.4, -0.2) is 16.8 Å². The number of likely N-dealkylation sites (tertiary alicyclic amines) is 1. The van der Waals surface area contributed by atoms with E-state index in [9.17, 15) is 10.1 Å². The standard InChI is InChI=1S/C18H16N2OS/c1-12-4-6-13(7-5-12)18(11-19)16(15-3-2-10-22-15)20(17(18)21)14-8-9-14/h2-7,10,14,16H,8-9H2,1H3/t16-,18-/m1/s1. The first-order valence-corrected chi connectivity index (χ1v) is 8.41. The predicted octanol–water partition coefficient (Wildman–Crippen LogP) is 3.56. The number of benzene rings is 1. The molecule has 0 radical (unpaired) electrons. The van der Waals surface area contributed by atoms with Crippen LogP contribution in [0.25, 0.3) is 0 Å². The van der Waals surface area contributed by atoms with Crippen LogP contribution in [0.4, 0.5) is 0 Å². The number of aryl methyl sites for hydroxylation is 1. The van der Waals surface area contributed by atoms with Crippen LogP contribution in [-0.2, 0) is 10.2 Å². The average Bonchev–Trinajstić information content (AvgIpc) is 3.21. The first-order valence-electron chi connectivity index (χ1n) is 7.53. The van der Waals surface area contributed by atoms with Gasteiger partial charge in [-0.1, -0.05) is 35.9 Å². The average molecular weight is 308 g/mol. The Morgan fingerprint density at radius 2 is 2.00 bits per heavy atom. The second kappa shape index (κ2) is 4.69. The van der Waals surface area contributed by atoms with Crippen LogP contribution in [0, 0.1) is 18.3 Å². The molecule has 2 fully saturated rings. The maximum atomic E-state index is 12.9. The smallest absolute Gasteiger partial charge is 0.251 e. The molecule has 3 nitrogen and oxygen atoms in total. The molecule has 1 aromatic heterocycles. The lowest BCUT2D eigenvalue weighted by atomic mass is 9.66. The maximum absolute atomic E-state index is 12.9. The van der Waals surface area contributed by atoms with Crippen molar-refractivity contribution in [1.82, 2.24) is 4.90 Å². The Kier molecular flexibility index (Phi) is 2.88. The monoisotopic (exact) mass is 308 g/mol. The van der Waals surface area contributed by atoms with Crippen molar-refractivity contribution in [2.24, 2.45) is 0 Å². The highest BCUT2D eigenvalue weighted by atomic mass is 32.1. The number of thiophene rings is 1. The summed E-state index contributed by atoms with van der Waals surface area (Å²) in [4.78, 5) is 15.9. The normalized spacial score (nSPS) is 27.4. The van der Waals surface area contributed by atoms with Gasteiger partial charge in [-0.05, 0) is 36.8 Å². The molecule has 0 N–H and O–H groups in total. The topological polar surface area (TPSA) is 44.1 Å². The molecule has 2 aromatic rings. The molecule has 1 aromatic carbocycles. The number of β-lactam (4-membered cyclic amide) rings is 1. The van der Waals surface area contributed by atoms with Crippen molar-refractivity contribution in [1.29, 1.82) is 5.26 Å². The van der Waals surface area contributed by atoms with Crippen LogP contribution in [0.2, 0.25) is 0 Å². The van der Waals surface area contributed by atoms with Crippen LogP contribution < -0.4 is 0 Å². The summed E-state index contributed by atoms with van der Waals surface area (Å²) >= 11 is 1.63. The molecule has 0 spiro atoms. The Bertz CT molecular complexity index is 755. The van der Waals surface area contributed by atoms with Gasteiger partial charge in [-0.25, -0.2) is 0 Å². The summed E-state index contributed by atoms with van der Waals surface area (Å²) < 4.78 is 0. The molecule has 1 aliphatic carbocycles. The van der Waals surface area contributed by atoms with Gasteiger partial charge in [0.15, 0.2) is 5.41 Å². The molecule has 2 aliphatic rings. The Morgan fingerprint density at radius 3 is 2.55 bits per heavy atom. The van der Waals surface area contributed by atoms with Crippen molar-refractivity contribution in [2.75, 3.05) is 0 Å². The number of rotatable bonds is 3. The van der Waals surface area contributed by atoms with Crippen molar-refractivity contribution in [2.45, 2.75) is 37.3 Å². The fourth-order valence-corrected chi connectivity index (χ4v) is 4.27. The fourth-order valence-electron chi connectivity index (χ4n) is 3.38. The highest BCUT2D eigenvalue weighted by Gasteiger charge is 2.66. The van der Waals surface area contributed by atoms with E-state index < -0.39 is 5.41 Å². The van der Waals surface area contributed by atoms with E-state index in [-0.39, 0.29) is 11.9 Å². The molecule has 22 heavy (non-hydrogen) atoms. The zero-order valence-electron chi connectivity index (χ0n) is 12.3. The molecule has 4 heteroatoms. The van der Waals surface area contributed by atoms with Gasteiger partial charge < -0.3 is 4.90 Å². The zero-order chi connectivity index (χ0) is 15.3. The number of nitrogens with zero attached hydrogens (tertiary/aromatic N) is 2. The van der Waals surface area contributed by atoms with Gasteiger partial charge in [-0.3, -0.25) is 4.79 Å². The zero-order valence-corrected chi connectivity index (χ0v) is 13.1. The second-order valence-electron chi connectivity index (χ2n) is 6.15. The highest BCUT2D eigenvalue weighted by molar-refractivity contribution is 7.10. The van der Waals surface area contributed by atoms with Gasteiger partial charge in [0.1, 0.15) is 0 Å². The summed E-state index contributed by atoms with van der Waals surface area (Å²) in [6.07, 6.45) is 2.12. The van der Waals surface area contributed by atoms with Crippen LogP contribution in [0.5, 0.6) is 0 Å². The third-order valence-electron chi connectivity index (χ3n) is 4.70. The summed E-state index contributed by atoms with van der Waals surface area (Å²) in [5.74, 6) is -0.0280. The number of hydrogen-bond donors (Lipinski definition) is 0. The van der Waals surface area contributed by atoms with E-state index in [1.807, 2.05) is 53.6 Å². The van der Waals surface area contributed by atoms with Crippen molar-refractivity contribution in [3.8, 4) is 6.07 Å². The van der Waals surface area contributed by atoms with E-state index in [0.717, 1.165) is 28.8 Å². The third-order valence-corrected chi connectivity index (χ3v) is 5.62. The Morgan fingerprint density at radius 1 is 1.27 bits per heavy atom. The predicted molar refractivity (Wildman–Crippen MR) is 85.4 cm³/mol. The molecular formula is C18H16N2OS. The number of hydrogen-bond acceptors (Lipinski definition) is 3. The molecular weight excluding hydrogens is 292 g/mol. The Balaban J connectivity index is 1.84. The summed E-state index contributed by atoms with van der Waals surface area (Å²) in [7, 11) is 0. The molecule has 1 saturated heterocycles. The maximum Gasteiger partial charge on any atom is 0.251 e. The fraction of sp³-hybridized carbons (Fsp3) is 0.333. The lowest BCUT2D eigenvalue weighted by Gasteiger charge is -2.52. The van der Waals surface area contributed by atoms with Gasteiger partial charge >= 0.3 is 0 Å². The van der Waals surface area contributed by atoms with E-state index in [1.165, 1.54) is 0 Å². The van der Waals surface area contributed by atoms with E-state index in [0.29, 0.717) is 6.04 Å². The molecule has 1 aliphatic heterocycles. The van der Waals surface area contributed by atoms with Crippen molar-refractivity contribution in [3.63, 3.8) is 0 Å². The lowest BCUT2D eigenvalue weighted by molar-refractivity contribution is -0.157. The van der Waals surface area contributed by atoms with E-state index >= 15 is 0 Å². The van der Waals surface area contributed by atoms with Crippen molar-refractivity contribution < 1.29 is 4.79 Å².